The lowest BCUT2D eigenvalue weighted by atomic mass is 9.97. The summed E-state index contributed by atoms with van der Waals surface area (Å²) < 4.78 is 5.25. The van der Waals surface area contributed by atoms with Gasteiger partial charge in [0.05, 0.1) is 0 Å². The monoisotopic (exact) mass is 366 g/mol. The van der Waals surface area contributed by atoms with Crippen LogP contribution in [-0.4, -0.2) is 35.3 Å². The van der Waals surface area contributed by atoms with E-state index in [1.54, 1.807) is 0 Å². The second-order valence-electron chi connectivity index (χ2n) is 6.42. The highest BCUT2D eigenvalue weighted by atomic mass is 16.5. The van der Waals surface area contributed by atoms with Gasteiger partial charge < -0.3 is 14.7 Å². The van der Waals surface area contributed by atoms with Crippen molar-refractivity contribution in [3.63, 3.8) is 0 Å². The SMILES string of the molecule is Cc1cc(C2=CCN(C(=O)O)CC2)ccc1NC(=O)OCc1ccccc1. The van der Waals surface area contributed by atoms with Gasteiger partial charge in [-0.25, -0.2) is 9.59 Å². The lowest BCUT2D eigenvalue weighted by molar-refractivity contribution is 0.150. The Morgan fingerprint density at radius 1 is 1.19 bits per heavy atom. The van der Waals surface area contributed by atoms with Crippen molar-refractivity contribution in [2.24, 2.45) is 0 Å². The van der Waals surface area contributed by atoms with Gasteiger partial charge in [-0.3, -0.25) is 5.32 Å². The van der Waals surface area contributed by atoms with Gasteiger partial charge in [0.2, 0.25) is 0 Å². The second-order valence-corrected chi connectivity index (χ2v) is 6.42. The van der Waals surface area contributed by atoms with E-state index in [0.717, 1.165) is 22.3 Å². The lowest BCUT2D eigenvalue weighted by Gasteiger charge is -2.24. The van der Waals surface area contributed by atoms with Crippen molar-refractivity contribution in [3.8, 4) is 0 Å². The number of carbonyl (C=O) groups is 2. The summed E-state index contributed by atoms with van der Waals surface area (Å²) in [5.74, 6) is 0. The Labute approximate surface area is 158 Å². The first-order valence-electron chi connectivity index (χ1n) is 8.78. The maximum Gasteiger partial charge on any atom is 0.411 e. The van der Waals surface area contributed by atoms with Crippen LogP contribution in [0.25, 0.3) is 5.57 Å². The molecule has 0 saturated carbocycles. The lowest BCUT2D eigenvalue weighted by Crippen LogP contribution is -2.33. The topological polar surface area (TPSA) is 78.9 Å². The van der Waals surface area contributed by atoms with E-state index >= 15 is 0 Å². The number of hydrogen-bond acceptors (Lipinski definition) is 3. The fourth-order valence-electron chi connectivity index (χ4n) is 2.98. The minimum absolute atomic E-state index is 0.219. The number of nitrogens with one attached hydrogen (secondary N) is 1. The summed E-state index contributed by atoms with van der Waals surface area (Å²) >= 11 is 0. The summed E-state index contributed by atoms with van der Waals surface area (Å²) in [6.07, 6.45) is 1.23. The van der Waals surface area contributed by atoms with Crippen LogP contribution < -0.4 is 5.32 Å². The van der Waals surface area contributed by atoms with Crippen LogP contribution in [0.3, 0.4) is 0 Å². The predicted molar refractivity (Wildman–Crippen MR) is 104 cm³/mol. The first-order chi connectivity index (χ1) is 13.0. The van der Waals surface area contributed by atoms with E-state index in [-0.39, 0.29) is 6.61 Å². The molecule has 140 valence electrons. The molecular formula is C21H22N2O4. The zero-order valence-corrected chi connectivity index (χ0v) is 15.1. The van der Waals surface area contributed by atoms with E-state index in [1.165, 1.54) is 4.90 Å². The zero-order valence-electron chi connectivity index (χ0n) is 15.1. The summed E-state index contributed by atoms with van der Waals surface area (Å²) in [4.78, 5) is 24.4. The van der Waals surface area contributed by atoms with Crippen molar-refractivity contribution in [1.29, 1.82) is 0 Å². The Morgan fingerprint density at radius 3 is 2.59 bits per heavy atom. The maximum absolute atomic E-state index is 12.0. The molecule has 1 aliphatic rings. The fourth-order valence-corrected chi connectivity index (χ4v) is 2.98. The van der Waals surface area contributed by atoms with Crippen molar-refractivity contribution in [2.45, 2.75) is 20.0 Å². The van der Waals surface area contributed by atoms with Crippen molar-refractivity contribution < 1.29 is 19.4 Å². The number of nitrogens with zero attached hydrogens (tertiary/aromatic N) is 1. The number of rotatable bonds is 4. The largest absolute Gasteiger partial charge is 0.465 e. The van der Waals surface area contributed by atoms with Crippen LogP contribution in [-0.2, 0) is 11.3 Å². The van der Waals surface area contributed by atoms with Crippen molar-refractivity contribution in [2.75, 3.05) is 18.4 Å². The van der Waals surface area contributed by atoms with E-state index in [9.17, 15) is 9.59 Å². The maximum atomic E-state index is 12.0. The molecule has 1 heterocycles. The van der Waals surface area contributed by atoms with Crippen molar-refractivity contribution >= 4 is 23.4 Å². The van der Waals surface area contributed by atoms with Crippen LogP contribution in [0, 0.1) is 6.92 Å². The molecule has 27 heavy (non-hydrogen) atoms. The second kappa shape index (κ2) is 8.40. The summed E-state index contributed by atoms with van der Waals surface area (Å²) in [7, 11) is 0. The molecule has 6 nitrogen and oxygen atoms in total. The first-order valence-corrected chi connectivity index (χ1v) is 8.78. The molecule has 0 bridgehead atoms. The van der Waals surface area contributed by atoms with Crippen molar-refractivity contribution in [1.82, 2.24) is 4.90 Å². The van der Waals surface area contributed by atoms with Crippen LogP contribution in [0.2, 0.25) is 0 Å². The number of hydrogen-bond donors (Lipinski definition) is 2. The summed E-state index contributed by atoms with van der Waals surface area (Å²) in [6, 6.07) is 15.3. The van der Waals surface area contributed by atoms with Gasteiger partial charge in [0.15, 0.2) is 0 Å². The Morgan fingerprint density at radius 2 is 1.96 bits per heavy atom. The van der Waals surface area contributed by atoms with Crippen LogP contribution >= 0.6 is 0 Å². The highest BCUT2D eigenvalue weighted by Gasteiger charge is 2.17. The number of aryl methyl sites for hydroxylation is 1. The highest BCUT2D eigenvalue weighted by Crippen LogP contribution is 2.26. The normalized spacial score (nSPS) is 13.7. The molecule has 0 atom stereocenters. The van der Waals surface area contributed by atoms with E-state index in [4.69, 9.17) is 9.84 Å². The quantitative estimate of drug-likeness (QED) is 0.834. The molecule has 0 radical (unpaired) electrons. The minimum atomic E-state index is -0.893. The average Bonchev–Trinajstić information content (AvgIpc) is 2.69. The number of ether oxygens (including phenoxy) is 1. The number of carbonyl (C=O) groups excluding carboxylic acids is 1. The zero-order chi connectivity index (χ0) is 19.2. The van der Waals surface area contributed by atoms with E-state index in [0.29, 0.717) is 25.2 Å². The molecule has 2 aromatic carbocycles. The smallest absolute Gasteiger partial charge is 0.411 e. The van der Waals surface area contributed by atoms with Crippen LogP contribution in [0.4, 0.5) is 15.3 Å². The number of carboxylic acid groups (broad SMARTS) is 1. The van der Waals surface area contributed by atoms with Gasteiger partial charge in [0.1, 0.15) is 6.61 Å². The van der Waals surface area contributed by atoms with E-state index in [2.05, 4.69) is 5.32 Å². The van der Waals surface area contributed by atoms with Crippen molar-refractivity contribution in [3.05, 3.63) is 71.3 Å². The van der Waals surface area contributed by atoms with Gasteiger partial charge in [0, 0.05) is 18.8 Å². The van der Waals surface area contributed by atoms with Gasteiger partial charge in [-0.1, -0.05) is 42.5 Å². The Hall–Kier alpha value is -3.28. The summed E-state index contributed by atoms with van der Waals surface area (Å²) in [5.41, 5.74) is 4.71. The molecule has 0 unspecified atom stereocenters. The van der Waals surface area contributed by atoms with Crippen LogP contribution in [0.1, 0.15) is 23.1 Å². The molecule has 3 rings (SSSR count). The molecule has 0 aliphatic carbocycles. The first kappa shape index (κ1) is 18.5. The molecule has 2 aromatic rings. The molecule has 6 heteroatoms. The molecule has 0 fully saturated rings. The Balaban J connectivity index is 1.60. The Bertz CT molecular complexity index is 862. The van der Waals surface area contributed by atoms with E-state index in [1.807, 2.05) is 61.5 Å². The predicted octanol–water partition coefficient (Wildman–Crippen LogP) is 4.51. The van der Waals surface area contributed by atoms with Gasteiger partial charge in [-0.05, 0) is 47.7 Å². The van der Waals surface area contributed by atoms with Crippen LogP contribution in [0.5, 0.6) is 0 Å². The minimum Gasteiger partial charge on any atom is -0.465 e. The third-order valence-electron chi connectivity index (χ3n) is 4.53. The van der Waals surface area contributed by atoms with Crippen LogP contribution in [0.15, 0.2) is 54.6 Å². The number of benzene rings is 2. The molecule has 0 aromatic heterocycles. The molecule has 0 spiro atoms. The Kier molecular flexibility index (Phi) is 5.76. The van der Waals surface area contributed by atoms with Gasteiger partial charge in [-0.15, -0.1) is 0 Å². The molecule has 0 saturated heterocycles. The molecule has 1 aliphatic heterocycles. The third kappa shape index (κ3) is 4.88. The fraction of sp³-hybridized carbons (Fsp3) is 0.238. The molecule has 2 N–H and O–H groups in total. The number of anilines is 1. The molecule has 2 amide bonds. The summed E-state index contributed by atoms with van der Waals surface area (Å²) in [5, 5.41) is 11.8. The van der Waals surface area contributed by atoms with Gasteiger partial charge in [0.25, 0.3) is 0 Å². The van der Waals surface area contributed by atoms with E-state index < -0.39 is 12.2 Å². The highest BCUT2D eigenvalue weighted by molar-refractivity contribution is 5.86. The summed E-state index contributed by atoms with van der Waals surface area (Å²) in [6.45, 7) is 3.03. The van der Waals surface area contributed by atoms with Gasteiger partial charge in [-0.2, -0.15) is 0 Å². The van der Waals surface area contributed by atoms with Gasteiger partial charge >= 0.3 is 12.2 Å². The molecular weight excluding hydrogens is 344 g/mol. The average molecular weight is 366 g/mol. The number of amides is 2. The standard InChI is InChI=1S/C21H22N2O4/c1-15-13-18(17-9-11-23(12-10-17)21(25)26)7-8-19(15)22-20(24)27-14-16-5-3-2-4-6-16/h2-9,13H,10-12,14H2,1H3,(H,22,24)(H,25,26). The third-order valence-corrected chi connectivity index (χ3v) is 4.53.